The molecule has 2 fully saturated rings. The van der Waals surface area contributed by atoms with Crippen LogP contribution in [-0.4, -0.2) is 6.10 Å². The summed E-state index contributed by atoms with van der Waals surface area (Å²) < 4.78 is 5.85. The van der Waals surface area contributed by atoms with E-state index < -0.39 is 0 Å². The van der Waals surface area contributed by atoms with Crippen molar-refractivity contribution in [3.05, 3.63) is 29.8 Å². The lowest BCUT2D eigenvalue weighted by Crippen LogP contribution is -2.17. The Kier molecular flexibility index (Phi) is 4.07. The molecule has 104 valence electrons. The van der Waals surface area contributed by atoms with Crippen LogP contribution >= 0.6 is 0 Å². The number of benzene rings is 1. The van der Waals surface area contributed by atoms with E-state index in [1.807, 2.05) is 0 Å². The molecular formula is C17H25NO. The molecule has 0 aliphatic heterocycles. The highest BCUT2D eigenvalue weighted by molar-refractivity contribution is 5.31. The number of hydrogen-bond donors (Lipinski definition) is 1. The van der Waals surface area contributed by atoms with E-state index in [1.54, 1.807) is 0 Å². The van der Waals surface area contributed by atoms with Crippen LogP contribution in [0.5, 0.6) is 5.75 Å². The molecule has 2 saturated carbocycles. The van der Waals surface area contributed by atoms with Gasteiger partial charge in [0, 0.05) is 6.04 Å². The van der Waals surface area contributed by atoms with Crippen molar-refractivity contribution in [3.8, 4) is 5.75 Å². The predicted octanol–water partition coefficient (Wildman–Crippen LogP) is 4.20. The van der Waals surface area contributed by atoms with Crippen molar-refractivity contribution in [2.45, 2.75) is 63.5 Å². The topological polar surface area (TPSA) is 35.2 Å². The molecule has 2 aliphatic rings. The Bertz CT molecular complexity index is 407. The molecule has 0 saturated heterocycles. The summed E-state index contributed by atoms with van der Waals surface area (Å²) in [5.41, 5.74) is 7.63. The Morgan fingerprint density at radius 1 is 1.11 bits per heavy atom. The summed E-state index contributed by atoms with van der Waals surface area (Å²) in [5, 5.41) is 0. The average molecular weight is 259 g/mol. The molecule has 0 radical (unpaired) electrons. The van der Waals surface area contributed by atoms with Crippen molar-refractivity contribution >= 4 is 0 Å². The van der Waals surface area contributed by atoms with Crippen LogP contribution in [0.25, 0.3) is 0 Å². The summed E-state index contributed by atoms with van der Waals surface area (Å²) in [6.07, 6.45) is 10.9. The zero-order valence-electron chi connectivity index (χ0n) is 11.7. The Balaban J connectivity index is 1.59. The van der Waals surface area contributed by atoms with E-state index in [0.717, 1.165) is 18.1 Å². The lowest BCUT2D eigenvalue weighted by molar-refractivity contribution is 0.301. The second-order valence-electron chi connectivity index (χ2n) is 6.24. The van der Waals surface area contributed by atoms with E-state index in [4.69, 9.17) is 10.5 Å². The highest BCUT2D eigenvalue weighted by Crippen LogP contribution is 2.32. The lowest BCUT2D eigenvalue weighted by Gasteiger charge is -2.25. The van der Waals surface area contributed by atoms with Gasteiger partial charge in [0.15, 0.2) is 0 Å². The maximum atomic E-state index is 6.39. The number of nitrogens with two attached hydrogens (primary N) is 1. The van der Waals surface area contributed by atoms with Gasteiger partial charge in [-0.25, -0.2) is 0 Å². The summed E-state index contributed by atoms with van der Waals surface area (Å²) in [6, 6.07) is 8.59. The van der Waals surface area contributed by atoms with E-state index in [0.29, 0.717) is 6.10 Å². The third kappa shape index (κ3) is 3.73. The summed E-state index contributed by atoms with van der Waals surface area (Å²) in [4.78, 5) is 0. The van der Waals surface area contributed by atoms with Gasteiger partial charge in [-0.3, -0.25) is 0 Å². The molecule has 0 bridgehead atoms. The minimum atomic E-state index is 0.172. The van der Waals surface area contributed by atoms with Gasteiger partial charge in [-0.1, -0.05) is 44.2 Å². The standard InChI is InChI=1S/C17H25NO/c18-17(11-13-5-2-1-3-6-13)14-7-4-8-16(12-14)19-15-9-10-15/h4,7-8,12-13,15,17H,1-3,5-6,9-11,18H2. The highest BCUT2D eigenvalue weighted by atomic mass is 16.5. The van der Waals surface area contributed by atoms with Crippen LogP contribution in [0.4, 0.5) is 0 Å². The van der Waals surface area contributed by atoms with Crippen molar-refractivity contribution in [2.75, 3.05) is 0 Å². The van der Waals surface area contributed by atoms with E-state index in [9.17, 15) is 0 Å². The second-order valence-corrected chi connectivity index (χ2v) is 6.24. The first-order valence-corrected chi connectivity index (χ1v) is 7.83. The molecule has 3 rings (SSSR count). The Labute approximate surface area is 116 Å². The van der Waals surface area contributed by atoms with Gasteiger partial charge in [0.1, 0.15) is 5.75 Å². The molecule has 2 nitrogen and oxygen atoms in total. The van der Waals surface area contributed by atoms with E-state index in [2.05, 4.69) is 24.3 Å². The maximum absolute atomic E-state index is 6.39. The molecule has 1 unspecified atom stereocenters. The maximum Gasteiger partial charge on any atom is 0.120 e. The fourth-order valence-corrected chi connectivity index (χ4v) is 3.11. The van der Waals surface area contributed by atoms with E-state index >= 15 is 0 Å². The van der Waals surface area contributed by atoms with Gasteiger partial charge in [0.05, 0.1) is 6.10 Å². The van der Waals surface area contributed by atoms with Gasteiger partial charge in [-0.05, 0) is 42.9 Å². The normalized spacial score (nSPS) is 22.2. The van der Waals surface area contributed by atoms with Crippen molar-refractivity contribution in [1.29, 1.82) is 0 Å². The molecule has 0 heterocycles. The zero-order chi connectivity index (χ0) is 13.1. The minimum Gasteiger partial charge on any atom is -0.490 e. The van der Waals surface area contributed by atoms with Crippen LogP contribution < -0.4 is 10.5 Å². The smallest absolute Gasteiger partial charge is 0.120 e. The molecule has 1 atom stereocenters. The molecule has 1 aromatic carbocycles. The van der Waals surface area contributed by atoms with Gasteiger partial charge in [-0.15, -0.1) is 0 Å². The number of hydrogen-bond acceptors (Lipinski definition) is 2. The Morgan fingerprint density at radius 3 is 2.63 bits per heavy atom. The van der Waals surface area contributed by atoms with Gasteiger partial charge in [0.25, 0.3) is 0 Å². The van der Waals surface area contributed by atoms with Crippen LogP contribution in [0.1, 0.15) is 63.0 Å². The summed E-state index contributed by atoms with van der Waals surface area (Å²) in [7, 11) is 0. The molecule has 0 amide bonds. The number of ether oxygens (including phenoxy) is 1. The molecule has 2 N–H and O–H groups in total. The first-order chi connectivity index (χ1) is 9.31. The van der Waals surface area contributed by atoms with Crippen LogP contribution in [0.15, 0.2) is 24.3 Å². The molecule has 0 spiro atoms. The molecule has 1 aromatic rings. The first kappa shape index (κ1) is 13.0. The Hall–Kier alpha value is -1.02. The van der Waals surface area contributed by atoms with Gasteiger partial charge in [0.2, 0.25) is 0 Å². The monoisotopic (exact) mass is 259 g/mol. The predicted molar refractivity (Wildman–Crippen MR) is 78.2 cm³/mol. The van der Waals surface area contributed by atoms with Crippen LogP contribution in [-0.2, 0) is 0 Å². The highest BCUT2D eigenvalue weighted by Gasteiger charge is 2.24. The van der Waals surface area contributed by atoms with Crippen molar-refractivity contribution in [3.63, 3.8) is 0 Å². The van der Waals surface area contributed by atoms with Gasteiger partial charge in [-0.2, -0.15) is 0 Å². The SMILES string of the molecule is NC(CC1CCCCC1)c1cccc(OC2CC2)c1. The third-order valence-electron chi connectivity index (χ3n) is 4.43. The lowest BCUT2D eigenvalue weighted by atomic mass is 9.83. The first-order valence-electron chi connectivity index (χ1n) is 7.83. The fraction of sp³-hybridized carbons (Fsp3) is 0.647. The quantitative estimate of drug-likeness (QED) is 0.860. The Morgan fingerprint density at radius 2 is 1.89 bits per heavy atom. The fourth-order valence-electron chi connectivity index (χ4n) is 3.11. The molecule has 2 heteroatoms. The largest absolute Gasteiger partial charge is 0.490 e. The molecule has 2 aliphatic carbocycles. The second kappa shape index (κ2) is 5.96. The van der Waals surface area contributed by atoms with Gasteiger partial charge < -0.3 is 10.5 Å². The summed E-state index contributed by atoms with van der Waals surface area (Å²) in [6.45, 7) is 0. The minimum absolute atomic E-state index is 0.172. The van der Waals surface area contributed by atoms with Crippen LogP contribution in [0, 0.1) is 5.92 Å². The molecular weight excluding hydrogens is 234 g/mol. The third-order valence-corrected chi connectivity index (χ3v) is 4.43. The van der Waals surface area contributed by atoms with Gasteiger partial charge >= 0.3 is 0 Å². The summed E-state index contributed by atoms with van der Waals surface area (Å²) in [5.74, 6) is 1.83. The van der Waals surface area contributed by atoms with Crippen molar-refractivity contribution in [1.82, 2.24) is 0 Å². The van der Waals surface area contributed by atoms with Crippen molar-refractivity contribution < 1.29 is 4.74 Å². The van der Waals surface area contributed by atoms with E-state index in [-0.39, 0.29) is 6.04 Å². The number of rotatable bonds is 5. The molecule has 0 aromatic heterocycles. The summed E-state index contributed by atoms with van der Waals surface area (Å²) >= 11 is 0. The average Bonchev–Trinajstić information content (AvgIpc) is 3.24. The van der Waals surface area contributed by atoms with Crippen LogP contribution in [0.3, 0.4) is 0 Å². The molecule has 19 heavy (non-hydrogen) atoms. The van der Waals surface area contributed by atoms with Crippen molar-refractivity contribution in [2.24, 2.45) is 11.7 Å². The van der Waals surface area contributed by atoms with Crippen LogP contribution in [0.2, 0.25) is 0 Å². The zero-order valence-corrected chi connectivity index (χ0v) is 11.7. The van der Waals surface area contributed by atoms with E-state index in [1.165, 1.54) is 50.5 Å².